The highest BCUT2D eigenvalue weighted by atomic mass is 32.1. The Labute approximate surface area is 179 Å². The van der Waals surface area contributed by atoms with Gasteiger partial charge in [-0.25, -0.2) is 0 Å². The Morgan fingerprint density at radius 3 is 1.87 bits per heavy atom. The summed E-state index contributed by atoms with van der Waals surface area (Å²) in [4.78, 5) is 46.3. The van der Waals surface area contributed by atoms with Crippen LogP contribution >= 0.6 is 12.2 Å². The molecule has 1 rings (SSSR count). The molecule has 0 saturated carbocycles. The van der Waals surface area contributed by atoms with Gasteiger partial charge in [0.05, 0.1) is 6.61 Å². The molecule has 0 unspecified atom stereocenters. The molecule has 0 bridgehead atoms. The molecule has 30 heavy (non-hydrogen) atoms. The fourth-order valence-corrected chi connectivity index (χ4v) is 2.90. The van der Waals surface area contributed by atoms with E-state index in [4.69, 9.17) is 40.6 Å². The van der Waals surface area contributed by atoms with E-state index in [1.807, 2.05) is 6.92 Å². The summed E-state index contributed by atoms with van der Waals surface area (Å²) >= 11 is 5.11. The van der Waals surface area contributed by atoms with E-state index in [1.165, 1.54) is 6.92 Å². The van der Waals surface area contributed by atoms with Crippen LogP contribution in [0.3, 0.4) is 0 Å². The molecule has 0 aromatic rings. The van der Waals surface area contributed by atoms with Gasteiger partial charge >= 0.3 is 23.9 Å². The lowest BCUT2D eigenvalue weighted by molar-refractivity contribution is -0.255. The van der Waals surface area contributed by atoms with Crippen LogP contribution in [0.4, 0.5) is 0 Å². The number of esters is 4. The highest BCUT2D eigenvalue weighted by Gasteiger charge is 2.52. The van der Waals surface area contributed by atoms with Crippen molar-refractivity contribution in [1.82, 2.24) is 5.32 Å². The molecule has 1 N–H and O–H groups in total. The largest absolute Gasteiger partial charge is 0.471 e. The van der Waals surface area contributed by atoms with Crippen molar-refractivity contribution in [1.29, 1.82) is 0 Å². The minimum absolute atomic E-state index is 0.0438. The zero-order valence-corrected chi connectivity index (χ0v) is 18.3. The molecule has 1 fully saturated rings. The van der Waals surface area contributed by atoms with Gasteiger partial charge < -0.3 is 33.7 Å². The van der Waals surface area contributed by atoms with E-state index < -0.39 is 54.5 Å². The van der Waals surface area contributed by atoms with Gasteiger partial charge in [-0.2, -0.15) is 0 Å². The molecule has 0 aliphatic carbocycles. The Kier molecular flexibility index (Phi) is 10.5. The summed E-state index contributed by atoms with van der Waals surface area (Å²) in [6.45, 7) is 6.53. The summed E-state index contributed by atoms with van der Waals surface area (Å²) in [5.74, 6) is -2.72. The van der Waals surface area contributed by atoms with Crippen molar-refractivity contribution in [3.63, 3.8) is 0 Å². The Morgan fingerprint density at radius 2 is 1.37 bits per heavy atom. The average molecular weight is 449 g/mol. The second-order valence-electron chi connectivity index (χ2n) is 6.40. The molecule has 12 heteroatoms. The fourth-order valence-electron chi connectivity index (χ4n) is 2.70. The molecule has 0 radical (unpaired) electrons. The molecule has 0 aromatic heterocycles. The first kappa shape index (κ1) is 25.6. The van der Waals surface area contributed by atoms with Crippen LogP contribution in [0.2, 0.25) is 0 Å². The Balaban J connectivity index is 3.27. The van der Waals surface area contributed by atoms with Gasteiger partial charge in [-0.05, 0) is 18.6 Å². The van der Waals surface area contributed by atoms with Crippen LogP contribution in [0, 0.1) is 0 Å². The summed E-state index contributed by atoms with van der Waals surface area (Å²) in [6.07, 6.45) is -5.24. The zero-order valence-electron chi connectivity index (χ0n) is 17.5. The molecule has 1 saturated heterocycles. The summed E-state index contributed by atoms with van der Waals surface area (Å²) < 4.78 is 32.0. The van der Waals surface area contributed by atoms with Crippen LogP contribution in [0.1, 0.15) is 41.0 Å². The van der Waals surface area contributed by atoms with Crippen LogP contribution in [0.15, 0.2) is 0 Å². The van der Waals surface area contributed by atoms with Crippen LogP contribution in [-0.2, 0) is 47.6 Å². The van der Waals surface area contributed by atoms with E-state index in [0.29, 0.717) is 13.0 Å². The first-order valence-electron chi connectivity index (χ1n) is 9.28. The van der Waals surface area contributed by atoms with Crippen molar-refractivity contribution in [2.24, 2.45) is 0 Å². The van der Waals surface area contributed by atoms with Crippen molar-refractivity contribution in [2.75, 3.05) is 13.2 Å². The van der Waals surface area contributed by atoms with Gasteiger partial charge in [-0.1, -0.05) is 6.92 Å². The fraction of sp³-hybridized carbons (Fsp3) is 0.722. The molecule has 1 heterocycles. The van der Waals surface area contributed by atoms with E-state index >= 15 is 0 Å². The van der Waals surface area contributed by atoms with Gasteiger partial charge in [0.15, 0.2) is 24.5 Å². The van der Waals surface area contributed by atoms with Crippen LogP contribution < -0.4 is 5.32 Å². The summed E-state index contributed by atoms with van der Waals surface area (Å²) in [5.41, 5.74) is 0. The second kappa shape index (κ2) is 12.3. The van der Waals surface area contributed by atoms with Crippen LogP contribution in [0.5, 0.6) is 0 Å². The number of rotatable bonds is 8. The highest BCUT2D eigenvalue weighted by molar-refractivity contribution is 7.80. The zero-order chi connectivity index (χ0) is 22.8. The maximum Gasteiger partial charge on any atom is 0.303 e. The summed E-state index contributed by atoms with van der Waals surface area (Å²) in [6, 6.07) is 0. The van der Waals surface area contributed by atoms with Gasteiger partial charge in [0.25, 0.3) is 5.17 Å². The summed E-state index contributed by atoms with van der Waals surface area (Å²) in [5, 5.41) is 2.70. The van der Waals surface area contributed by atoms with E-state index in [0.717, 1.165) is 20.8 Å². The highest BCUT2D eigenvalue weighted by Crippen LogP contribution is 2.28. The molecular weight excluding hydrogens is 422 g/mol. The van der Waals surface area contributed by atoms with E-state index in [9.17, 15) is 19.2 Å². The number of nitrogens with one attached hydrogen (secondary N) is 1. The van der Waals surface area contributed by atoms with Crippen molar-refractivity contribution in [3.05, 3.63) is 0 Å². The lowest BCUT2D eigenvalue weighted by Crippen LogP contribution is -2.66. The quantitative estimate of drug-likeness (QED) is 0.311. The number of carbonyl (C=O) groups excluding carboxylic acids is 4. The molecule has 0 aromatic carbocycles. The third kappa shape index (κ3) is 8.49. The standard InChI is InChI=1S/C18H27NO10S/c1-6-7-24-18(30)19-17-16(28-12(5)23)15(27-11(4)22)14(26-10(3)21)13(29-17)8-25-9(2)20/h13-17H,6-8H2,1-5H3,(H,19,30)/t13-,14+,15-,16+,17-/m1/s1. The van der Waals surface area contributed by atoms with Crippen molar-refractivity contribution < 1.29 is 47.6 Å². The molecule has 0 amide bonds. The number of ether oxygens (including phenoxy) is 6. The van der Waals surface area contributed by atoms with Crippen molar-refractivity contribution in [3.8, 4) is 0 Å². The second-order valence-corrected chi connectivity index (χ2v) is 6.77. The minimum atomic E-state index is -1.27. The van der Waals surface area contributed by atoms with Gasteiger partial charge in [-0.15, -0.1) is 0 Å². The Hall–Kier alpha value is -2.47. The lowest BCUT2D eigenvalue weighted by atomic mass is 9.97. The number of carbonyl (C=O) groups is 4. The molecule has 170 valence electrons. The van der Waals surface area contributed by atoms with E-state index in [1.54, 1.807) is 0 Å². The van der Waals surface area contributed by atoms with Gasteiger partial charge in [-0.3, -0.25) is 19.2 Å². The first-order chi connectivity index (χ1) is 14.0. The van der Waals surface area contributed by atoms with Gasteiger partial charge in [0.2, 0.25) is 0 Å². The average Bonchev–Trinajstić information content (AvgIpc) is 2.62. The van der Waals surface area contributed by atoms with Crippen molar-refractivity contribution >= 4 is 41.3 Å². The monoisotopic (exact) mass is 449 g/mol. The minimum Gasteiger partial charge on any atom is -0.471 e. The molecule has 1 aliphatic rings. The summed E-state index contributed by atoms with van der Waals surface area (Å²) in [7, 11) is 0. The smallest absolute Gasteiger partial charge is 0.303 e. The van der Waals surface area contributed by atoms with Gasteiger partial charge in [0, 0.05) is 27.7 Å². The molecule has 5 atom stereocenters. The van der Waals surface area contributed by atoms with Gasteiger partial charge in [0.1, 0.15) is 12.7 Å². The maximum absolute atomic E-state index is 11.7. The topological polar surface area (TPSA) is 136 Å². The number of thiocarbonyl (C=S) groups is 1. The van der Waals surface area contributed by atoms with E-state index in [-0.39, 0.29) is 11.8 Å². The lowest BCUT2D eigenvalue weighted by Gasteiger charge is -2.44. The molecular formula is C18H27NO10S. The van der Waals surface area contributed by atoms with E-state index in [2.05, 4.69) is 5.32 Å². The first-order valence-corrected chi connectivity index (χ1v) is 9.69. The Morgan fingerprint density at radius 1 is 0.833 bits per heavy atom. The molecule has 0 spiro atoms. The van der Waals surface area contributed by atoms with Crippen molar-refractivity contribution in [2.45, 2.75) is 71.7 Å². The number of hydrogen-bond acceptors (Lipinski definition) is 11. The third-order valence-electron chi connectivity index (χ3n) is 3.69. The SMILES string of the molecule is CCCOC(=S)N[C@@H]1O[C@H](COC(C)=O)[C@H](OC(C)=O)[C@@H](OC(C)=O)[C@@H]1OC(C)=O. The van der Waals surface area contributed by atoms with Crippen LogP contribution in [0.25, 0.3) is 0 Å². The Bertz CT molecular complexity index is 655. The predicted molar refractivity (Wildman–Crippen MR) is 104 cm³/mol. The van der Waals surface area contributed by atoms with Crippen LogP contribution in [-0.4, -0.2) is 72.9 Å². The molecule has 11 nitrogen and oxygen atoms in total. The maximum atomic E-state index is 11.7. The number of hydrogen-bond donors (Lipinski definition) is 1. The third-order valence-corrected chi connectivity index (χ3v) is 3.92. The normalized spacial score (nSPS) is 25.4. The molecule has 1 aliphatic heterocycles. The predicted octanol–water partition coefficient (Wildman–Crippen LogP) is 0.371.